The highest BCUT2D eigenvalue weighted by atomic mass is 16.5. The highest BCUT2D eigenvalue weighted by molar-refractivity contribution is 5.45. The molecule has 0 aromatic heterocycles. The number of hydrogen-bond acceptors (Lipinski definition) is 5. The van der Waals surface area contributed by atoms with Crippen LogP contribution < -0.4 is 25.1 Å². The van der Waals surface area contributed by atoms with E-state index in [1.165, 1.54) is 5.56 Å². The molecule has 0 amide bonds. The van der Waals surface area contributed by atoms with Crippen molar-refractivity contribution in [1.29, 1.82) is 0 Å². The second kappa shape index (κ2) is 8.14. The van der Waals surface area contributed by atoms with E-state index < -0.39 is 0 Å². The molecule has 0 aliphatic rings. The van der Waals surface area contributed by atoms with Crippen molar-refractivity contribution >= 4 is 5.69 Å². The standard InChI is InChI=1S/C17H22N2O3/c1-20-15-7-5-14(6-8-15)19-18-11-10-13-4-9-16(21-2)17(12-13)22-3/h4-9,12,18-19H,10-11H2,1-3H3. The van der Waals surface area contributed by atoms with Gasteiger partial charge in [-0.2, -0.15) is 0 Å². The van der Waals surface area contributed by atoms with Crippen molar-refractivity contribution < 1.29 is 14.2 Å². The Hall–Kier alpha value is -2.40. The van der Waals surface area contributed by atoms with E-state index in [-0.39, 0.29) is 0 Å². The van der Waals surface area contributed by atoms with Gasteiger partial charge in [0.1, 0.15) is 5.75 Å². The van der Waals surface area contributed by atoms with Crippen LogP contribution in [0.25, 0.3) is 0 Å². The van der Waals surface area contributed by atoms with Crippen LogP contribution in [-0.4, -0.2) is 27.9 Å². The first kappa shape index (κ1) is 16.0. The topological polar surface area (TPSA) is 51.8 Å². The average molecular weight is 302 g/mol. The summed E-state index contributed by atoms with van der Waals surface area (Å²) in [6.45, 7) is 0.793. The lowest BCUT2D eigenvalue weighted by Crippen LogP contribution is -2.24. The van der Waals surface area contributed by atoms with Crippen molar-refractivity contribution in [1.82, 2.24) is 5.43 Å². The molecule has 0 saturated heterocycles. The Morgan fingerprint density at radius 3 is 2.18 bits per heavy atom. The SMILES string of the molecule is COc1ccc(NNCCc2ccc(OC)c(OC)c2)cc1. The molecule has 0 atom stereocenters. The van der Waals surface area contributed by atoms with Crippen molar-refractivity contribution in [3.8, 4) is 17.2 Å². The largest absolute Gasteiger partial charge is 0.497 e. The molecule has 118 valence electrons. The van der Waals surface area contributed by atoms with Gasteiger partial charge in [0.05, 0.1) is 21.3 Å². The monoisotopic (exact) mass is 302 g/mol. The number of anilines is 1. The highest BCUT2D eigenvalue weighted by Gasteiger charge is 2.04. The summed E-state index contributed by atoms with van der Waals surface area (Å²) in [7, 11) is 4.94. The van der Waals surface area contributed by atoms with Crippen molar-refractivity contribution in [3.63, 3.8) is 0 Å². The molecular weight excluding hydrogens is 280 g/mol. The Balaban J connectivity index is 1.80. The van der Waals surface area contributed by atoms with Gasteiger partial charge in [0.25, 0.3) is 0 Å². The van der Waals surface area contributed by atoms with Gasteiger partial charge in [-0.3, -0.25) is 0 Å². The second-order valence-electron chi connectivity index (χ2n) is 4.72. The molecule has 5 heteroatoms. The fraction of sp³-hybridized carbons (Fsp3) is 0.294. The van der Waals surface area contributed by atoms with Crippen molar-refractivity contribution in [3.05, 3.63) is 48.0 Å². The van der Waals surface area contributed by atoms with E-state index in [2.05, 4.69) is 10.9 Å². The van der Waals surface area contributed by atoms with Crippen molar-refractivity contribution in [2.24, 2.45) is 0 Å². The van der Waals surface area contributed by atoms with Gasteiger partial charge in [0, 0.05) is 12.2 Å². The zero-order valence-electron chi connectivity index (χ0n) is 13.2. The van der Waals surface area contributed by atoms with Gasteiger partial charge in [-0.1, -0.05) is 6.07 Å². The van der Waals surface area contributed by atoms with Crippen LogP contribution in [0.2, 0.25) is 0 Å². The minimum absolute atomic E-state index is 0.746. The Morgan fingerprint density at radius 2 is 1.55 bits per heavy atom. The fourth-order valence-electron chi connectivity index (χ4n) is 2.08. The average Bonchev–Trinajstić information content (AvgIpc) is 2.59. The van der Waals surface area contributed by atoms with Crippen LogP contribution in [0.4, 0.5) is 5.69 Å². The van der Waals surface area contributed by atoms with Crippen LogP contribution in [0.3, 0.4) is 0 Å². The van der Waals surface area contributed by atoms with Crippen LogP contribution in [0, 0.1) is 0 Å². The third kappa shape index (κ3) is 4.30. The molecule has 0 unspecified atom stereocenters. The molecule has 2 rings (SSSR count). The second-order valence-corrected chi connectivity index (χ2v) is 4.72. The normalized spacial score (nSPS) is 10.1. The van der Waals surface area contributed by atoms with Crippen molar-refractivity contribution in [2.75, 3.05) is 33.3 Å². The molecule has 0 fully saturated rings. The van der Waals surface area contributed by atoms with Crippen LogP contribution in [0.5, 0.6) is 17.2 Å². The van der Waals surface area contributed by atoms with E-state index in [1.54, 1.807) is 21.3 Å². The summed E-state index contributed by atoms with van der Waals surface area (Å²) < 4.78 is 15.7. The summed E-state index contributed by atoms with van der Waals surface area (Å²) in [5.41, 5.74) is 8.52. The van der Waals surface area contributed by atoms with Gasteiger partial charge in [0.15, 0.2) is 11.5 Å². The highest BCUT2D eigenvalue weighted by Crippen LogP contribution is 2.27. The zero-order valence-corrected chi connectivity index (χ0v) is 13.2. The van der Waals surface area contributed by atoms with E-state index in [1.807, 2.05) is 42.5 Å². The zero-order chi connectivity index (χ0) is 15.8. The summed E-state index contributed by atoms with van der Waals surface area (Å²) >= 11 is 0. The summed E-state index contributed by atoms with van der Waals surface area (Å²) in [6, 6.07) is 13.7. The van der Waals surface area contributed by atoms with E-state index in [4.69, 9.17) is 14.2 Å². The number of benzene rings is 2. The molecule has 5 nitrogen and oxygen atoms in total. The Kier molecular flexibility index (Phi) is 5.91. The molecule has 0 aliphatic carbocycles. The summed E-state index contributed by atoms with van der Waals surface area (Å²) in [5.74, 6) is 2.34. The summed E-state index contributed by atoms with van der Waals surface area (Å²) in [6.07, 6.45) is 0.878. The molecule has 22 heavy (non-hydrogen) atoms. The first-order chi connectivity index (χ1) is 10.8. The van der Waals surface area contributed by atoms with Gasteiger partial charge in [-0.05, 0) is 48.4 Å². The Bertz CT molecular complexity index is 585. The van der Waals surface area contributed by atoms with E-state index in [0.29, 0.717) is 0 Å². The predicted molar refractivity (Wildman–Crippen MR) is 87.9 cm³/mol. The quantitative estimate of drug-likeness (QED) is 0.580. The van der Waals surface area contributed by atoms with Crippen LogP contribution in [-0.2, 0) is 6.42 Å². The third-order valence-corrected chi connectivity index (χ3v) is 3.31. The maximum Gasteiger partial charge on any atom is 0.160 e. The molecule has 0 saturated carbocycles. The molecule has 0 radical (unpaired) electrons. The molecule has 2 aromatic rings. The molecule has 2 aromatic carbocycles. The Morgan fingerprint density at radius 1 is 0.818 bits per heavy atom. The molecule has 2 N–H and O–H groups in total. The van der Waals surface area contributed by atoms with E-state index in [9.17, 15) is 0 Å². The lowest BCUT2D eigenvalue weighted by Gasteiger charge is -2.11. The molecule has 0 spiro atoms. The smallest absolute Gasteiger partial charge is 0.160 e. The first-order valence-electron chi connectivity index (χ1n) is 7.10. The van der Waals surface area contributed by atoms with Gasteiger partial charge < -0.3 is 19.6 Å². The number of ether oxygens (including phenoxy) is 3. The van der Waals surface area contributed by atoms with Crippen LogP contribution in [0.1, 0.15) is 5.56 Å². The number of hydrazine groups is 1. The predicted octanol–water partition coefficient (Wildman–Crippen LogP) is 2.87. The van der Waals surface area contributed by atoms with E-state index >= 15 is 0 Å². The van der Waals surface area contributed by atoms with Crippen LogP contribution >= 0.6 is 0 Å². The number of rotatable bonds is 8. The number of nitrogens with one attached hydrogen (secondary N) is 2. The maximum absolute atomic E-state index is 5.30. The number of hydrogen-bond donors (Lipinski definition) is 2. The maximum atomic E-state index is 5.30. The van der Waals surface area contributed by atoms with Crippen molar-refractivity contribution in [2.45, 2.75) is 6.42 Å². The molecule has 0 aliphatic heterocycles. The molecule has 0 bridgehead atoms. The lowest BCUT2D eigenvalue weighted by molar-refractivity contribution is 0.354. The lowest BCUT2D eigenvalue weighted by atomic mass is 10.1. The summed E-state index contributed by atoms with van der Waals surface area (Å²) in [5, 5.41) is 0. The minimum Gasteiger partial charge on any atom is -0.497 e. The van der Waals surface area contributed by atoms with E-state index in [0.717, 1.165) is 35.9 Å². The van der Waals surface area contributed by atoms with Gasteiger partial charge in [-0.25, -0.2) is 5.43 Å². The molecule has 0 heterocycles. The third-order valence-electron chi connectivity index (χ3n) is 3.31. The van der Waals surface area contributed by atoms with Gasteiger partial charge in [0.2, 0.25) is 0 Å². The summed E-state index contributed by atoms with van der Waals surface area (Å²) in [4.78, 5) is 0. The number of methoxy groups -OCH3 is 3. The fourth-order valence-corrected chi connectivity index (χ4v) is 2.08. The van der Waals surface area contributed by atoms with Gasteiger partial charge in [-0.15, -0.1) is 0 Å². The Labute approximate surface area is 131 Å². The molecular formula is C17H22N2O3. The van der Waals surface area contributed by atoms with Crippen LogP contribution in [0.15, 0.2) is 42.5 Å². The van der Waals surface area contributed by atoms with Gasteiger partial charge >= 0.3 is 0 Å². The minimum atomic E-state index is 0.746. The first-order valence-corrected chi connectivity index (χ1v) is 7.10.